The van der Waals surface area contributed by atoms with Gasteiger partial charge in [-0.2, -0.15) is 0 Å². The van der Waals surface area contributed by atoms with Gasteiger partial charge in [-0.05, 0) is 31.9 Å². The summed E-state index contributed by atoms with van der Waals surface area (Å²) < 4.78 is 0. The monoisotopic (exact) mass is 298 g/mol. The van der Waals surface area contributed by atoms with Gasteiger partial charge in [0, 0.05) is 17.3 Å². The van der Waals surface area contributed by atoms with Crippen molar-refractivity contribution < 1.29 is 9.59 Å². The van der Waals surface area contributed by atoms with Crippen molar-refractivity contribution in [3.05, 3.63) is 51.0 Å². The fourth-order valence-corrected chi connectivity index (χ4v) is 4.30. The maximum absolute atomic E-state index is 12.5. The van der Waals surface area contributed by atoms with E-state index in [1.165, 1.54) is 9.78 Å². The molecule has 0 radical (unpaired) electrons. The average Bonchev–Trinajstić information content (AvgIpc) is 2.97. The van der Waals surface area contributed by atoms with Crippen LogP contribution in [-0.4, -0.2) is 27.7 Å². The van der Waals surface area contributed by atoms with E-state index in [1.807, 2.05) is 6.92 Å². The standard InChI is InChI=1S/C16H14N2O2S/c1-9-17-13-7-6-10(8-14(13)21-9)18-15(19)11-4-2-3-5-12(11)16(18)20/h2-5,10H,6-8H2,1H3. The molecule has 4 rings (SSSR count). The summed E-state index contributed by atoms with van der Waals surface area (Å²) in [4.78, 5) is 32.2. The molecule has 1 aliphatic heterocycles. The van der Waals surface area contributed by atoms with E-state index in [9.17, 15) is 9.59 Å². The molecule has 0 bridgehead atoms. The van der Waals surface area contributed by atoms with Gasteiger partial charge in [0.25, 0.3) is 11.8 Å². The van der Waals surface area contributed by atoms with E-state index in [1.54, 1.807) is 35.6 Å². The number of carbonyl (C=O) groups excluding carboxylic acids is 2. The summed E-state index contributed by atoms with van der Waals surface area (Å²) in [6, 6.07) is 7.05. The largest absolute Gasteiger partial charge is 0.271 e. The fourth-order valence-electron chi connectivity index (χ4n) is 3.25. The molecule has 4 nitrogen and oxygen atoms in total. The van der Waals surface area contributed by atoms with E-state index >= 15 is 0 Å². The van der Waals surface area contributed by atoms with Crippen molar-refractivity contribution >= 4 is 23.2 Å². The Hall–Kier alpha value is -2.01. The molecular formula is C16H14N2O2S. The summed E-state index contributed by atoms with van der Waals surface area (Å²) in [5, 5.41) is 1.06. The number of amides is 2. The lowest BCUT2D eigenvalue weighted by Gasteiger charge is -2.28. The van der Waals surface area contributed by atoms with Gasteiger partial charge in [0.2, 0.25) is 0 Å². The third-order valence-corrected chi connectivity index (χ3v) is 5.25. The topological polar surface area (TPSA) is 50.3 Å². The van der Waals surface area contributed by atoms with Crippen LogP contribution in [0.4, 0.5) is 0 Å². The lowest BCUT2D eigenvalue weighted by Crippen LogP contribution is -2.42. The summed E-state index contributed by atoms with van der Waals surface area (Å²) >= 11 is 1.68. The smallest absolute Gasteiger partial charge is 0.261 e. The zero-order valence-electron chi connectivity index (χ0n) is 11.6. The summed E-state index contributed by atoms with van der Waals surface area (Å²) in [7, 11) is 0. The van der Waals surface area contributed by atoms with E-state index in [2.05, 4.69) is 4.98 Å². The number of nitrogens with zero attached hydrogens (tertiary/aromatic N) is 2. The van der Waals surface area contributed by atoms with E-state index in [-0.39, 0.29) is 17.9 Å². The van der Waals surface area contributed by atoms with E-state index < -0.39 is 0 Å². The first kappa shape index (κ1) is 12.7. The Balaban J connectivity index is 1.67. The van der Waals surface area contributed by atoms with Gasteiger partial charge < -0.3 is 0 Å². The van der Waals surface area contributed by atoms with Crippen LogP contribution in [0.5, 0.6) is 0 Å². The number of thiazole rings is 1. The third-order valence-electron chi connectivity index (χ3n) is 4.21. The number of hydrogen-bond donors (Lipinski definition) is 0. The molecule has 5 heteroatoms. The molecule has 106 valence electrons. The van der Waals surface area contributed by atoms with Crippen molar-refractivity contribution in [3.63, 3.8) is 0 Å². The van der Waals surface area contributed by atoms with Gasteiger partial charge in [-0.25, -0.2) is 4.98 Å². The highest BCUT2D eigenvalue weighted by Crippen LogP contribution is 2.33. The van der Waals surface area contributed by atoms with Crippen molar-refractivity contribution in [1.82, 2.24) is 9.88 Å². The highest BCUT2D eigenvalue weighted by molar-refractivity contribution is 7.11. The van der Waals surface area contributed by atoms with Crippen LogP contribution in [-0.2, 0) is 12.8 Å². The van der Waals surface area contributed by atoms with Crippen LogP contribution in [0.15, 0.2) is 24.3 Å². The molecule has 2 aromatic rings. The van der Waals surface area contributed by atoms with Crippen molar-refractivity contribution in [2.75, 3.05) is 0 Å². The lowest BCUT2D eigenvalue weighted by molar-refractivity contribution is 0.0571. The normalized spacial score (nSPS) is 20.6. The average molecular weight is 298 g/mol. The SMILES string of the molecule is Cc1nc2c(s1)CC(N1C(=O)c3ccccc3C1=O)CC2. The molecule has 0 N–H and O–H groups in total. The number of aryl methyl sites for hydroxylation is 2. The van der Waals surface area contributed by atoms with Crippen LogP contribution in [0.1, 0.15) is 42.7 Å². The van der Waals surface area contributed by atoms with E-state index in [4.69, 9.17) is 0 Å². The molecule has 0 saturated carbocycles. The maximum Gasteiger partial charge on any atom is 0.261 e. The number of benzene rings is 1. The van der Waals surface area contributed by atoms with Crippen molar-refractivity contribution in [3.8, 4) is 0 Å². The summed E-state index contributed by atoms with van der Waals surface area (Å²) in [6.45, 7) is 2.00. The van der Waals surface area contributed by atoms with Crippen LogP contribution in [0.3, 0.4) is 0 Å². The molecule has 0 spiro atoms. The van der Waals surface area contributed by atoms with Gasteiger partial charge in [0.15, 0.2) is 0 Å². The van der Waals surface area contributed by atoms with E-state index in [0.717, 1.165) is 30.0 Å². The van der Waals surface area contributed by atoms with E-state index in [0.29, 0.717) is 11.1 Å². The summed E-state index contributed by atoms with van der Waals surface area (Å²) in [5.74, 6) is -0.296. The molecule has 1 aromatic carbocycles. The second kappa shape index (κ2) is 4.49. The number of hydrogen-bond acceptors (Lipinski definition) is 4. The van der Waals surface area contributed by atoms with Gasteiger partial charge in [-0.15, -0.1) is 11.3 Å². The third kappa shape index (κ3) is 1.84. The number of imide groups is 1. The Morgan fingerprint density at radius 1 is 1.19 bits per heavy atom. The Labute approximate surface area is 126 Å². The molecule has 1 aliphatic carbocycles. The highest BCUT2D eigenvalue weighted by Gasteiger charge is 2.41. The summed E-state index contributed by atoms with van der Waals surface area (Å²) in [5.41, 5.74) is 2.22. The van der Waals surface area contributed by atoms with Gasteiger partial charge in [-0.3, -0.25) is 14.5 Å². The highest BCUT2D eigenvalue weighted by atomic mass is 32.1. The Kier molecular flexibility index (Phi) is 2.72. The second-order valence-corrected chi connectivity index (χ2v) is 6.81. The van der Waals surface area contributed by atoms with Crippen LogP contribution in [0.2, 0.25) is 0 Å². The molecule has 1 aromatic heterocycles. The minimum atomic E-state index is -0.148. The van der Waals surface area contributed by atoms with Gasteiger partial charge >= 0.3 is 0 Å². The molecule has 0 saturated heterocycles. The zero-order chi connectivity index (χ0) is 14.6. The minimum absolute atomic E-state index is 0.0373. The molecular weight excluding hydrogens is 284 g/mol. The summed E-state index contributed by atoms with van der Waals surface area (Å²) in [6.07, 6.45) is 2.39. The van der Waals surface area contributed by atoms with Crippen LogP contribution < -0.4 is 0 Å². The molecule has 1 atom stereocenters. The van der Waals surface area contributed by atoms with Crippen LogP contribution in [0.25, 0.3) is 0 Å². The van der Waals surface area contributed by atoms with Crippen molar-refractivity contribution in [2.45, 2.75) is 32.2 Å². The molecule has 0 fully saturated rings. The first-order chi connectivity index (χ1) is 10.1. The Morgan fingerprint density at radius 2 is 1.86 bits per heavy atom. The van der Waals surface area contributed by atoms with Gasteiger partial charge in [0.05, 0.1) is 21.8 Å². The molecule has 2 heterocycles. The fraction of sp³-hybridized carbons (Fsp3) is 0.312. The quantitative estimate of drug-likeness (QED) is 0.760. The molecule has 2 amide bonds. The first-order valence-electron chi connectivity index (χ1n) is 7.07. The maximum atomic E-state index is 12.5. The van der Waals surface area contributed by atoms with Crippen LogP contribution >= 0.6 is 11.3 Å². The zero-order valence-corrected chi connectivity index (χ0v) is 12.4. The first-order valence-corrected chi connectivity index (χ1v) is 7.89. The van der Waals surface area contributed by atoms with Crippen molar-refractivity contribution in [1.29, 1.82) is 0 Å². The lowest BCUT2D eigenvalue weighted by atomic mass is 9.96. The molecule has 1 unspecified atom stereocenters. The second-order valence-electron chi connectivity index (χ2n) is 5.53. The number of rotatable bonds is 1. The Morgan fingerprint density at radius 3 is 2.52 bits per heavy atom. The minimum Gasteiger partial charge on any atom is -0.271 e. The van der Waals surface area contributed by atoms with Gasteiger partial charge in [-0.1, -0.05) is 12.1 Å². The Bertz CT molecular complexity index is 730. The van der Waals surface area contributed by atoms with Crippen molar-refractivity contribution in [2.24, 2.45) is 0 Å². The predicted molar refractivity (Wildman–Crippen MR) is 79.6 cm³/mol. The number of fused-ring (bicyclic) bond motifs is 2. The molecule has 21 heavy (non-hydrogen) atoms. The van der Waals surface area contributed by atoms with Gasteiger partial charge in [0.1, 0.15) is 0 Å². The predicted octanol–water partition coefficient (Wildman–Crippen LogP) is 2.61. The number of carbonyl (C=O) groups is 2. The van der Waals surface area contributed by atoms with Crippen LogP contribution in [0, 0.1) is 6.92 Å². The molecule has 2 aliphatic rings. The number of aromatic nitrogens is 1.